The van der Waals surface area contributed by atoms with Gasteiger partial charge in [-0.15, -0.1) is 0 Å². The van der Waals surface area contributed by atoms with E-state index in [2.05, 4.69) is 5.32 Å². The summed E-state index contributed by atoms with van der Waals surface area (Å²) in [4.78, 5) is 27.3. The third kappa shape index (κ3) is 5.68. The summed E-state index contributed by atoms with van der Waals surface area (Å²) in [7, 11) is 4.47. The van der Waals surface area contributed by atoms with Crippen LogP contribution in [0.5, 0.6) is 28.9 Å². The van der Waals surface area contributed by atoms with Gasteiger partial charge in [0.2, 0.25) is 0 Å². The number of furan rings is 1. The van der Waals surface area contributed by atoms with E-state index in [-0.39, 0.29) is 17.6 Å². The number of ether oxygens (including phenoxy) is 4. The quantitative estimate of drug-likeness (QED) is 0.427. The maximum absolute atomic E-state index is 12.9. The number of aryl methyl sites for hydroxylation is 1. The summed E-state index contributed by atoms with van der Waals surface area (Å²) in [5, 5.41) is 2.74. The molecule has 0 aliphatic heterocycles. The van der Waals surface area contributed by atoms with Gasteiger partial charge in [-0.1, -0.05) is 6.07 Å². The highest BCUT2D eigenvalue weighted by atomic mass is 16.6. The van der Waals surface area contributed by atoms with Crippen molar-refractivity contribution >= 4 is 17.5 Å². The second kappa shape index (κ2) is 11.3. The van der Waals surface area contributed by atoms with Crippen molar-refractivity contribution in [1.82, 2.24) is 4.90 Å². The molecule has 0 unspecified atom stereocenters. The van der Waals surface area contributed by atoms with Gasteiger partial charge in [0.15, 0.2) is 5.76 Å². The summed E-state index contributed by atoms with van der Waals surface area (Å²) in [6.45, 7) is 6.94. The van der Waals surface area contributed by atoms with Crippen LogP contribution < -0.4 is 24.3 Å². The molecule has 0 saturated carbocycles. The molecule has 0 radical (unpaired) electrons. The molecule has 1 heterocycles. The molecule has 0 spiro atoms. The van der Waals surface area contributed by atoms with E-state index in [4.69, 9.17) is 23.4 Å². The third-order valence-electron chi connectivity index (χ3n) is 5.45. The zero-order chi connectivity index (χ0) is 25.5. The molecular weight excluding hydrogens is 452 g/mol. The van der Waals surface area contributed by atoms with Gasteiger partial charge in [0, 0.05) is 36.9 Å². The molecule has 9 nitrogen and oxygen atoms in total. The fourth-order valence-electron chi connectivity index (χ4n) is 3.45. The van der Waals surface area contributed by atoms with Crippen molar-refractivity contribution in [2.75, 3.05) is 39.7 Å². The Morgan fingerprint density at radius 3 is 2.11 bits per heavy atom. The predicted molar refractivity (Wildman–Crippen MR) is 131 cm³/mol. The fraction of sp³-hybridized carbons (Fsp3) is 0.308. The highest BCUT2D eigenvalue weighted by Crippen LogP contribution is 2.39. The van der Waals surface area contributed by atoms with Gasteiger partial charge in [-0.3, -0.25) is 9.59 Å². The molecule has 2 amide bonds. The smallest absolute Gasteiger partial charge is 0.291 e. The number of carbonyl (C=O) groups excluding carboxylic acids is 2. The Morgan fingerprint density at radius 1 is 0.886 bits per heavy atom. The second-order valence-corrected chi connectivity index (χ2v) is 7.54. The maximum atomic E-state index is 12.9. The van der Waals surface area contributed by atoms with E-state index >= 15 is 0 Å². The summed E-state index contributed by atoms with van der Waals surface area (Å²) < 4.78 is 27.5. The highest BCUT2D eigenvalue weighted by molar-refractivity contribution is 6.04. The average molecular weight is 483 g/mol. The first-order chi connectivity index (χ1) is 16.8. The molecule has 0 saturated heterocycles. The molecule has 3 rings (SSSR count). The van der Waals surface area contributed by atoms with E-state index in [1.807, 2.05) is 26.8 Å². The number of hydrogen-bond donors (Lipinski definition) is 1. The predicted octanol–water partition coefficient (Wildman–Crippen LogP) is 5.14. The Morgan fingerprint density at radius 2 is 1.54 bits per heavy atom. The van der Waals surface area contributed by atoms with Crippen LogP contribution in [0.25, 0.3) is 0 Å². The lowest BCUT2D eigenvalue weighted by molar-refractivity contribution is 0.0772. The van der Waals surface area contributed by atoms with E-state index in [9.17, 15) is 9.59 Å². The van der Waals surface area contributed by atoms with E-state index < -0.39 is 5.91 Å². The monoisotopic (exact) mass is 482 g/mol. The van der Waals surface area contributed by atoms with Gasteiger partial charge >= 0.3 is 0 Å². The normalized spacial score (nSPS) is 10.5. The van der Waals surface area contributed by atoms with Crippen LogP contribution in [0.15, 0.2) is 46.9 Å². The van der Waals surface area contributed by atoms with Crippen molar-refractivity contribution < 1.29 is 33.0 Å². The van der Waals surface area contributed by atoms with E-state index in [0.29, 0.717) is 47.3 Å². The maximum Gasteiger partial charge on any atom is 0.291 e. The van der Waals surface area contributed by atoms with Gasteiger partial charge in [0.05, 0.1) is 21.3 Å². The van der Waals surface area contributed by atoms with Gasteiger partial charge in [-0.2, -0.15) is 0 Å². The number of nitrogens with one attached hydrogen (secondary N) is 1. The number of anilines is 1. The van der Waals surface area contributed by atoms with Crippen LogP contribution in [-0.4, -0.2) is 51.1 Å². The summed E-state index contributed by atoms with van der Waals surface area (Å²) in [5.74, 6) is 1.23. The van der Waals surface area contributed by atoms with Crippen molar-refractivity contribution in [1.29, 1.82) is 0 Å². The summed E-state index contributed by atoms with van der Waals surface area (Å²) in [6, 6.07) is 11.5. The number of methoxy groups -OCH3 is 3. The van der Waals surface area contributed by atoms with Crippen molar-refractivity contribution in [2.45, 2.75) is 20.8 Å². The molecule has 0 fully saturated rings. The first-order valence-electron chi connectivity index (χ1n) is 11.1. The molecule has 0 aliphatic rings. The van der Waals surface area contributed by atoms with Crippen molar-refractivity contribution in [3.05, 3.63) is 59.4 Å². The lowest BCUT2D eigenvalue weighted by atomic mass is 10.1. The van der Waals surface area contributed by atoms with Crippen LogP contribution in [0.4, 0.5) is 5.69 Å². The van der Waals surface area contributed by atoms with Crippen LogP contribution in [0.3, 0.4) is 0 Å². The second-order valence-electron chi connectivity index (χ2n) is 7.54. The van der Waals surface area contributed by atoms with Crippen LogP contribution >= 0.6 is 0 Å². The molecule has 1 aromatic heterocycles. The molecule has 3 aromatic rings. The minimum Gasteiger partial charge on any atom is -0.496 e. The van der Waals surface area contributed by atoms with Crippen LogP contribution in [0, 0.1) is 6.92 Å². The van der Waals surface area contributed by atoms with Gasteiger partial charge in [-0.25, -0.2) is 0 Å². The largest absolute Gasteiger partial charge is 0.496 e. The topological polar surface area (TPSA) is 99.5 Å². The Bertz CT molecular complexity index is 1170. The van der Waals surface area contributed by atoms with Crippen LogP contribution in [0.1, 0.15) is 40.3 Å². The molecule has 0 aliphatic carbocycles. The number of benzene rings is 2. The van der Waals surface area contributed by atoms with Gasteiger partial charge in [-0.05, 0) is 44.5 Å². The first kappa shape index (κ1) is 25.5. The Kier molecular flexibility index (Phi) is 8.25. The number of amides is 2. The van der Waals surface area contributed by atoms with Crippen molar-refractivity contribution in [2.24, 2.45) is 0 Å². The summed E-state index contributed by atoms with van der Waals surface area (Å²) in [6.07, 6.45) is 0. The zero-order valence-corrected chi connectivity index (χ0v) is 20.8. The van der Waals surface area contributed by atoms with E-state index in [1.165, 1.54) is 33.5 Å². The minimum absolute atomic E-state index is 0.0212. The Labute approximate surface area is 204 Å². The number of carbonyl (C=O) groups is 2. The Hall–Kier alpha value is -4.14. The third-order valence-corrected chi connectivity index (χ3v) is 5.45. The molecule has 35 heavy (non-hydrogen) atoms. The van der Waals surface area contributed by atoms with Crippen molar-refractivity contribution in [3.63, 3.8) is 0 Å². The molecule has 0 bridgehead atoms. The number of hydrogen-bond acceptors (Lipinski definition) is 7. The highest BCUT2D eigenvalue weighted by Gasteiger charge is 2.20. The summed E-state index contributed by atoms with van der Waals surface area (Å²) >= 11 is 0. The van der Waals surface area contributed by atoms with Gasteiger partial charge < -0.3 is 33.6 Å². The molecule has 1 N–H and O–H groups in total. The first-order valence-corrected chi connectivity index (χ1v) is 11.1. The molecular formula is C26H30N2O7. The molecule has 186 valence electrons. The Balaban J connectivity index is 1.80. The van der Waals surface area contributed by atoms with Crippen molar-refractivity contribution in [3.8, 4) is 28.9 Å². The molecule has 2 aromatic carbocycles. The minimum atomic E-state index is -0.524. The standard InChI is InChI=1S/C26H30N2O7/c1-7-28(8-2)26(30)17-10-9-16(3)20(13-17)35-23-12-11-19(34-23)25(29)27-24-21(32-5)14-18(31-4)15-22(24)33-6/h9-15H,7-8H2,1-6H3,(H,27,29). The van der Waals surface area contributed by atoms with Crippen LogP contribution in [-0.2, 0) is 0 Å². The fourth-order valence-corrected chi connectivity index (χ4v) is 3.45. The van der Waals surface area contributed by atoms with Crippen LogP contribution in [0.2, 0.25) is 0 Å². The zero-order valence-electron chi connectivity index (χ0n) is 20.8. The summed E-state index contributed by atoms with van der Waals surface area (Å²) in [5.41, 5.74) is 1.66. The number of rotatable bonds is 10. The molecule has 9 heteroatoms. The van der Waals surface area contributed by atoms with E-state index in [0.717, 1.165) is 5.56 Å². The van der Waals surface area contributed by atoms with Gasteiger partial charge in [0.1, 0.15) is 28.7 Å². The molecule has 0 atom stereocenters. The van der Waals surface area contributed by atoms with E-state index in [1.54, 1.807) is 29.2 Å². The SMILES string of the molecule is CCN(CC)C(=O)c1ccc(C)c(Oc2ccc(C(=O)Nc3c(OC)cc(OC)cc3OC)o2)c1. The average Bonchev–Trinajstić information content (AvgIpc) is 3.34. The lowest BCUT2D eigenvalue weighted by Crippen LogP contribution is -2.30. The number of nitrogens with zero attached hydrogens (tertiary/aromatic N) is 1. The van der Waals surface area contributed by atoms with Gasteiger partial charge in [0.25, 0.3) is 17.8 Å². The lowest BCUT2D eigenvalue weighted by Gasteiger charge is -2.19.